The maximum atomic E-state index is 12.9. The maximum Gasteiger partial charge on any atom is 0.252 e. The minimum Gasteiger partial charge on any atom is -0.497 e. The Balaban J connectivity index is 1.73. The second-order valence-corrected chi connectivity index (χ2v) is 7.92. The lowest BCUT2D eigenvalue weighted by atomic mass is 10.0. The molecule has 0 saturated heterocycles. The van der Waals surface area contributed by atoms with Gasteiger partial charge < -0.3 is 20.1 Å². The predicted octanol–water partition coefficient (Wildman–Crippen LogP) is 3.62. The number of anilines is 1. The number of carbonyl (C=O) groups is 2. The fourth-order valence-corrected chi connectivity index (χ4v) is 3.58. The molecule has 0 saturated carbocycles. The van der Waals surface area contributed by atoms with Crippen molar-refractivity contribution in [1.29, 1.82) is 0 Å². The van der Waals surface area contributed by atoms with Crippen LogP contribution >= 0.6 is 11.3 Å². The summed E-state index contributed by atoms with van der Waals surface area (Å²) in [6.45, 7) is 3.72. The number of hydrogen-bond donors (Lipinski definition) is 2. The van der Waals surface area contributed by atoms with Crippen LogP contribution in [0.4, 0.5) is 5.13 Å². The molecule has 2 aromatic heterocycles. The quantitative estimate of drug-likeness (QED) is 0.555. The molecule has 0 aliphatic rings. The number of methoxy groups -OCH3 is 2. The van der Waals surface area contributed by atoms with Gasteiger partial charge in [0.1, 0.15) is 17.5 Å². The van der Waals surface area contributed by atoms with Crippen molar-refractivity contribution >= 4 is 28.3 Å². The van der Waals surface area contributed by atoms with E-state index < -0.39 is 11.9 Å². The fraction of sp³-hybridized carbons (Fsp3) is 0.273. The Kier molecular flexibility index (Phi) is 7.19. The molecule has 2 N–H and O–H groups in total. The molecule has 0 bridgehead atoms. The van der Waals surface area contributed by atoms with Gasteiger partial charge >= 0.3 is 0 Å². The van der Waals surface area contributed by atoms with E-state index in [2.05, 4.69) is 20.6 Å². The van der Waals surface area contributed by atoms with Crippen molar-refractivity contribution in [3.8, 4) is 22.8 Å². The smallest absolute Gasteiger partial charge is 0.252 e. The second-order valence-electron chi connectivity index (χ2n) is 7.07. The van der Waals surface area contributed by atoms with E-state index in [4.69, 9.17) is 9.47 Å². The number of hydrogen-bond acceptors (Lipinski definition) is 7. The van der Waals surface area contributed by atoms with Crippen LogP contribution in [0.25, 0.3) is 11.3 Å². The van der Waals surface area contributed by atoms with Gasteiger partial charge in [-0.1, -0.05) is 13.8 Å². The third kappa shape index (κ3) is 5.58. The zero-order chi connectivity index (χ0) is 22.4. The number of benzene rings is 1. The molecule has 0 aliphatic heterocycles. The van der Waals surface area contributed by atoms with Crippen LogP contribution in [0.3, 0.4) is 0 Å². The van der Waals surface area contributed by atoms with E-state index in [0.717, 1.165) is 11.3 Å². The minimum absolute atomic E-state index is 0.144. The minimum atomic E-state index is -0.754. The monoisotopic (exact) mass is 440 g/mol. The molecular formula is C22H24N4O4S. The highest BCUT2D eigenvalue weighted by atomic mass is 32.1. The number of nitrogens with zero attached hydrogens (tertiary/aromatic N) is 2. The van der Waals surface area contributed by atoms with Crippen LogP contribution in [0.1, 0.15) is 24.2 Å². The first-order valence-electron chi connectivity index (χ1n) is 9.62. The average Bonchev–Trinajstić information content (AvgIpc) is 3.25. The van der Waals surface area contributed by atoms with Crippen LogP contribution in [0.5, 0.6) is 11.5 Å². The SMILES string of the molecule is COc1cc(OC)cc(C(=O)N[C@H](C(=O)Nc2nc(-c3cccnc3)cs2)C(C)C)c1. The molecule has 0 unspecified atom stereocenters. The summed E-state index contributed by atoms with van der Waals surface area (Å²) in [4.78, 5) is 34.2. The first-order chi connectivity index (χ1) is 14.9. The number of aromatic nitrogens is 2. The summed E-state index contributed by atoms with van der Waals surface area (Å²) in [5.74, 6) is 0.0854. The van der Waals surface area contributed by atoms with Crippen LogP contribution < -0.4 is 20.1 Å². The van der Waals surface area contributed by atoms with E-state index in [1.807, 2.05) is 31.4 Å². The Morgan fingerprint density at radius 3 is 2.39 bits per heavy atom. The van der Waals surface area contributed by atoms with Crippen LogP contribution in [-0.4, -0.2) is 42.0 Å². The summed E-state index contributed by atoms with van der Waals surface area (Å²) < 4.78 is 10.4. The van der Waals surface area contributed by atoms with Gasteiger partial charge in [-0.25, -0.2) is 4.98 Å². The van der Waals surface area contributed by atoms with E-state index in [1.165, 1.54) is 25.6 Å². The highest BCUT2D eigenvalue weighted by molar-refractivity contribution is 7.14. The van der Waals surface area contributed by atoms with E-state index in [0.29, 0.717) is 22.2 Å². The van der Waals surface area contributed by atoms with Gasteiger partial charge in [0, 0.05) is 35.0 Å². The van der Waals surface area contributed by atoms with E-state index in [9.17, 15) is 9.59 Å². The topological polar surface area (TPSA) is 102 Å². The highest BCUT2D eigenvalue weighted by Gasteiger charge is 2.26. The lowest BCUT2D eigenvalue weighted by Gasteiger charge is -2.21. The summed E-state index contributed by atoms with van der Waals surface area (Å²) in [5.41, 5.74) is 1.92. The van der Waals surface area contributed by atoms with Crippen molar-refractivity contribution in [2.24, 2.45) is 5.92 Å². The van der Waals surface area contributed by atoms with Crippen LogP contribution in [0.15, 0.2) is 48.1 Å². The van der Waals surface area contributed by atoms with Gasteiger partial charge in [0.15, 0.2) is 5.13 Å². The van der Waals surface area contributed by atoms with Gasteiger partial charge in [0.25, 0.3) is 5.91 Å². The molecule has 2 amide bonds. The van der Waals surface area contributed by atoms with Crippen molar-refractivity contribution < 1.29 is 19.1 Å². The number of pyridine rings is 1. The van der Waals surface area contributed by atoms with Crippen LogP contribution in [0.2, 0.25) is 0 Å². The Morgan fingerprint density at radius 2 is 1.81 bits per heavy atom. The molecule has 3 rings (SSSR count). The van der Waals surface area contributed by atoms with Crippen LogP contribution in [0, 0.1) is 5.92 Å². The lowest BCUT2D eigenvalue weighted by Crippen LogP contribution is -2.47. The standard InChI is InChI=1S/C22H24N4O4S/c1-13(2)19(25-20(27)15-8-16(29-3)10-17(9-15)30-4)21(28)26-22-24-18(12-31-22)14-6-5-7-23-11-14/h5-13,19H,1-4H3,(H,25,27)(H,24,26,28)/t19-/m0/s1. The zero-order valence-electron chi connectivity index (χ0n) is 17.7. The molecule has 0 radical (unpaired) electrons. The predicted molar refractivity (Wildman–Crippen MR) is 120 cm³/mol. The lowest BCUT2D eigenvalue weighted by molar-refractivity contribution is -0.118. The van der Waals surface area contributed by atoms with Gasteiger partial charge in [-0.05, 0) is 30.2 Å². The number of rotatable bonds is 8. The van der Waals surface area contributed by atoms with Crippen molar-refractivity contribution in [2.45, 2.75) is 19.9 Å². The first kappa shape index (κ1) is 22.2. The summed E-state index contributed by atoms with van der Waals surface area (Å²) in [5, 5.41) is 7.89. The first-order valence-corrected chi connectivity index (χ1v) is 10.5. The largest absolute Gasteiger partial charge is 0.497 e. The second kappa shape index (κ2) is 10.0. The molecule has 2 heterocycles. The molecule has 0 fully saturated rings. The Bertz CT molecular complexity index is 1030. The molecule has 3 aromatic rings. The Hall–Kier alpha value is -3.46. The average molecular weight is 441 g/mol. The third-order valence-corrected chi connectivity index (χ3v) is 5.30. The highest BCUT2D eigenvalue weighted by Crippen LogP contribution is 2.25. The van der Waals surface area contributed by atoms with E-state index in [1.54, 1.807) is 30.6 Å². The van der Waals surface area contributed by atoms with E-state index >= 15 is 0 Å². The van der Waals surface area contributed by atoms with Crippen molar-refractivity contribution in [1.82, 2.24) is 15.3 Å². The van der Waals surface area contributed by atoms with Crippen molar-refractivity contribution in [3.05, 3.63) is 53.7 Å². The number of amides is 2. The van der Waals surface area contributed by atoms with Crippen LogP contribution in [-0.2, 0) is 4.79 Å². The van der Waals surface area contributed by atoms with Gasteiger partial charge in [-0.15, -0.1) is 11.3 Å². The fourth-order valence-electron chi connectivity index (χ4n) is 2.86. The molecule has 8 nitrogen and oxygen atoms in total. The summed E-state index contributed by atoms with van der Waals surface area (Å²) in [6.07, 6.45) is 3.40. The molecule has 0 spiro atoms. The maximum absolute atomic E-state index is 12.9. The molecule has 0 aliphatic carbocycles. The van der Waals surface area contributed by atoms with Crippen molar-refractivity contribution in [3.63, 3.8) is 0 Å². The van der Waals surface area contributed by atoms with Gasteiger partial charge in [-0.3, -0.25) is 14.6 Å². The van der Waals surface area contributed by atoms with Crippen molar-refractivity contribution in [2.75, 3.05) is 19.5 Å². The molecule has 1 aromatic carbocycles. The number of thiazole rings is 1. The zero-order valence-corrected chi connectivity index (χ0v) is 18.5. The normalized spacial score (nSPS) is 11.6. The molecular weight excluding hydrogens is 416 g/mol. The summed E-state index contributed by atoms with van der Waals surface area (Å²) in [7, 11) is 3.02. The Morgan fingerprint density at radius 1 is 1.10 bits per heavy atom. The third-order valence-electron chi connectivity index (χ3n) is 4.54. The van der Waals surface area contributed by atoms with Gasteiger partial charge in [0.05, 0.1) is 19.9 Å². The molecule has 1 atom stereocenters. The van der Waals surface area contributed by atoms with Gasteiger partial charge in [-0.2, -0.15) is 0 Å². The summed E-state index contributed by atoms with van der Waals surface area (Å²) in [6, 6.07) is 7.82. The molecule has 31 heavy (non-hydrogen) atoms. The number of ether oxygens (including phenoxy) is 2. The van der Waals surface area contributed by atoms with Gasteiger partial charge in [0.2, 0.25) is 5.91 Å². The molecule has 162 valence electrons. The number of nitrogens with one attached hydrogen (secondary N) is 2. The van der Waals surface area contributed by atoms with E-state index in [-0.39, 0.29) is 11.8 Å². The summed E-state index contributed by atoms with van der Waals surface area (Å²) >= 11 is 1.31. The number of carbonyl (C=O) groups excluding carboxylic acids is 2. The Labute approximate surface area is 184 Å². The molecule has 9 heteroatoms.